The SMILES string of the molecule is CC(C)NC(=O)N[C@H]1C[C@H]2CN(CC3CCCC3)[C@@H](CNC(=O)C3CC3)C(=O)N2C1. The Morgan fingerprint density at radius 2 is 1.83 bits per heavy atom. The van der Waals surface area contributed by atoms with E-state index >= 15 is 0 Å². The molecule has 0 spiro atoms. The zero-order valence-corrected chi connectivity index (χ0v) is 18.4. The van der Waals surface area contributed by atoms with Crippen molar-refractivity contribution in [2.45, 2.75) is 83.0 Å². The number of carbonyl (C=O) groups is 3. The third kappa shape index (κ3) is 5.07. The number of fused-ring (bicyclic) bond motifs is 1. The van der Waals surface area contributed by atoms with E-state index in [0.717, 1.165) is 32.4 Å². The minimum Gasteiger partial charge on any atom is -0.354 e. The first-order valence-corrected chi connectivity index (χ1v) is 11.8. The van der Waals surface area contributed by atoms with E-state index in [0.29, 0.717) is 19.0 Å². The molecule has 0 radical (unpaired) electrons. The molecular weight excluding hydrogens is 382 g/mol. The van der Waals surface area contributed by atoms with Crippen LogP contribution in [0, 0.1) is 11.8 Å². The van der Waals surface area contributed by atoms with Gasteiger partial charge in [-0.2, -0.15) is 0 Å². The van der Waals surface area contributed by atoms with Gasteiger partial charge in [-0.25, -0.2) is 4.79 Å². The Morgan fingerprint density at radius 1 is 1.10 bits per heavy atom. The summed E-state index contributed by atoms with van der Waals surface area (Å²) in [6, 6.07) is -0.257. The lowest BCUT2D eigenvalue weighted by Crippen LogP contribution is -2.63. The molecule has 8 heteroatoms. The highest BCUT2D eigenvalue weighted by molar-refractivity contribution is 5.86. The molecular formula is C22H37N5O3. The Kier molecular flexibility index (Phi) is 6.51. The van der Waals surface area contributed by atoms with E-state index in [9.17, 15) is 14.4 Å². The predicted molar refractivity (Wildman–Crippen MR) is 114 cm³/mol. The Morgan fingerprint density at radius 3 is 2.50 bits per heavy atom. The monoisotopic (exact) mass is 419 g/mol. The standard InChI is InChI=1S/C22H37N5O3/c1-14(2)24-22(30)25-17-9-18-13-26(11-15-5-3-4-6-15)19(21(29)27(18)12-17)10-23-20(28)16-7-8-16/h14-19H,3-13H2,1-2H3,(H,23,28)(H2,24,25,30)/t17-,18-,19-/m0/s1. The quantitative estimate of drug-likeness (QED) is 0.575. The van der Waals surface area contributed by atoms with Crippen molar-refractivity contribution in [2.24, 2.45) is 11.8 Å². The van der Waals surface area contributed by atoms with Crippen LogP contribution < -0.4 is 16.0 Å². The highest BCUT2D eigenvalue weighted by Crippen LogP contribution is 2.31. The molecule has 4 amide bonds. The largest absolute Gasteiger partial charge is 0.354 e. The third-order valence-corrected chi connectivity index (χ3v) is 7.01. The second-order valence-electron chi connectivity index (χ2n) is 9.99. The van der Waals surface area contributed by atoms with Crippen LogP contribution in [-0.4, -0.2) is 78.0 Å². The van der Waals surface area contributed by atoms with E-state index in [1.165, 1.54) is 25.7 Å². The molecule has 0 unspecified atom stereocenters. The fourth-order valence-corrected chi connectivity index (χ4v) is 5.33. The van der Waals surface area contributed by atoms with E-state index in [4.69, 9.17) is 0 Å². The van der Waals surface area contributed by atoms with Crippen molar-refractivity contribution in [3.63, 3.8) is 0 Å². The van der Waals surface area contributed by atoms with Gasteiger partial charge >= 0.3 is 6.03 Å². The summed E-state index contributed by atoms with van der Waals surface area (Å²) in [5, 5.41) is 8.93. The molecule has 168 valence electrons. The molecule has 0 aromatic carbocycles. The van der Waals surface area contributed by atoms with Gasteiger partial charge < -0.3 is 20.9 Å². The zero-order valence-electron chi connectivity index (χ0n) is 18.4. The first-order chi connectivity index (χ1) is 14.4. The molecule has 3 atom stereocenters. The molecule has 2 saturated carbocycles. The van der Waals surface area contributed by atoms with Crippen LogP contribution >= 0.6 is 0 Å². The summed E-state index contributed by atoms with van der Waals surface area (Å²) in [6.45, 7) is 6.59. The van der Waals surface area contributed by atoms with Crippen LogP contribution in [0.25, 0.3) is 0 Å². The van der Waals surface area contributed by atoms with E-state index in [1.54, 1.807) is 0 Å². The predicted octanol–water partition coefficient (Wildman–Crippen LogP) is 1.06. The van der Waals surface area contributed by atoms with Gasteiger partial charge in [0.25, 0.3) is 0 Å². The summed E-state index contributed by atoms with van der Waals surface area (Å²) in [5.41, 5.74) is 0. The normalized spacial score (nSPS) is 29.9. The summed E-state index contributed by atoms with van der Waals surface area (Å²) in [5.74, 6) is 1.00. The van der Waals surface area contributed by atoms with Crippen LogP contribution in [0.2, 0.25) is 0 Å². The molecule has 0 aromatic rings. The smallest absolute Gasteiger partial charge is 0.315 e. The highest BCUT2D eigenvalue weighted by atomic mass is 16.2. The van der Waals surface area contributed by atoms with E-state index < -0.39 is 0 Å². The molecule has 2 saturated heterocycles. The fraction of sp³-hybridized carbons (Fsp3) is 0.864. The van der Waals surface area contributed by atoms with E-state index in [2.05, 4.69) is 20.9 Å². The first-order valence-electron chi connectivity index (χ1n) is 11.8. The average molecular weight is 420 g/mol. The maximum absolute atomic E-state index is 13.4. The van der Waals surface area contributed by atoms with Gasteiger partial charge in [0.1, 0.15) is 6.04 Å². The lowest BCUT2D eigenvalue weighted by atomic mass is 10.0. The molecule has 4 fully saturated rings. The first kappa shape index (κ1) is 21.4. The molecule has 4 aliphatic rings. The number of rotatable bonds is 7. The Bertz CT molecular complexity index is 659. The van der Waals surface area contributed by atoms with Crippen molar-refractivity contribution in [1.29, 1.82) is 0 Å². The number of amides is 4. The van der Waals surface area contributed by atoms with Crippen LogP contribution in [0.5, 0.6) is 0 Å². The van der Waals surface area contributed by atoms with Gasteiger partial charge in [0, 0.05) is 44.2 Å². The van der Waals surface area contributed by atoms with Crippen molar-refractivity contribution in [2.75, 3.05) is 26.2 Å². The van der Waals surface area contributed by atoms with Crippen LogP contribution in [0.4, 0.5) is 4.79 Å². The van der Waals surface area contributed by atoms with Gasteiger partial charge in [-0.05, 0) is 51.9 Å². The summed E-state index contributed by atoms with van der Waals surface area (Å²) in [7, 11) is 0. The van der Waals surface area contributed by atoms with Gasteiger partial charge in [-0.1, -0.05) is 12.8 Å². The molecule has 2 aliphatic heterocycles. The lowest BCUT2D eigenvalue weighted by Gasteiger charge is -2.43. The lowest BCUT2D eigenvalue weighted by molar-refractivity contribution is -0.144. The van der Waals surface area contributed by atoms with Crippen LogP contribution in [-0.2, 0) is 9.59 Å². The molecule has 0 bridgehead atoms. The molecule has 4 rings (SSSR count). The van der Waals surface area contributed by atoms with Crippen molar-refractivity contribution in [3.8, 4) is 0 Å². The Balaban J connectivity index is 1.40. The zero-order chi connectivity index (χ0) is 21.3. The minimum absolute atomic E-state index is 0.0224. The minimum atomic E-state index is -0.284. The second-order valence-corrected chi connectivity index (χ2v) is 9.99. The van der Waals surface area contributed by atoms with Gasteiger partial charge in [0.2, 0.25) is 11.8 Å². The molecule has 3 N–H and O–H groups in total. The van der Waals surface area contributed by atoms with Crippen molar-refractivity contribution in [1.82, 2.24) is 25.8 Å². The fourth-order valence-electron chi connectivity index (χ4n) is 5.33. The van der Waals surface area contributed by atoms with Crippen LogP contribution in [0.1, 0.15) is 58.8 Å². The number of carbonyl (C=O) groups excluding carboxylic acids is 3. The number of nitrogens with zero attached hydrogens (tertiary/aromatic N) is 2. The Labute approximate surface area is 179 Å². The highest BCUT2D eigenvalue weighted by Gasteiger charge is 2.46. The summed E-state index contributed by atoms with van der Waals surface area (Å²) < 4.78 is 0. The number of nitrogens with one attached hydrogen (secondary N) is 3. The van der Waals surface area contributed by atoms with Gasteiger partial charge in [-0.15, -0.1) is 0 Å². The second kappa shape index (κ2) is 9.12. The number of urea groups is 1. The van der Waals surface area contributed by atoms with Gasteiger partial charge in [-0.3, -0.25) is 14.5 Å². The van der Waals surface area contributed by atoms with Crippen LogP contribution in [0.3, 0.4) is 0 Å². The third-order valence-electron chi connectivity index (χ3n) is 7.01. The molecule has 0 aromatic heterocycles. The number of piperazine rings is 1. The molecule has 8 nitrogen and oxygen atoms in total. The average Bonchev–Trinajstić information content (AvgIpc) is 3.26. The van der Waals surface area contributed by atoms with Crippen molar-refractivity contribution >= 4 is 17.8 Å². The number of hydrogen-bond acceptors (Lipinski definition) is 4. The summed E-state index contributed by atoms with van der Waals surface area (Å²) in [6.07, 6.45) is 7.76. The Hall–Kier alpha value is -1.83. The molecule has 2 aliphatic carbocycles. The maximum atomic E-state index is 13.4. The molecule has 30 heavy (non-hydrogen) atoms. The summed E-state index contributed by atoms with van der Waals surface area (Å²) in [4.78, 5) is 42.0. The van der Waals surface area contributed by atoms with Crippen molar-refractivity contribution in [3.05, 3.63) is 0 Å². The topological polar surface area (TPSA) is 93.8 Å². The van der Waals surface area contributed by atoms with E-state index in [1.807, 2.05) is 18.7 Å². The molecule has 2 heterocycles. The van der Waals surface area contributed by atoms with E-state index in [-0.39, 0.29) is 47.9 Å². The maximum Gasteiger partial charge on any atom is 0.315 e. The number of hydrogen-bond donors (Lipinski definition) is 3. The van der Waals surface area contributed by atoms with Gasteiger partial charge in [0.05, 0.1) is 6.04 Å². The van der Waals surface area contributed by atoms with Crippen molar-refractivity contribution < 1.29 is 14.4 Å². The van der Waals surface area contributed by atoms with Crippen LogP contribution in [0.15, 0.2) is 0 Å². The summed E-state index contributed by atoms with van der Waals surface area (Å²) >= 11 is 0. The van der Waals surface area contributed by atoms with Gasteiger partial charge in [0.15, 0.2) is 0 Å².